The van der Waals surface area contributed by atoms with Crippen LogP contribution < -0.4 is 0 Å². The highest BCUT2D eigenvalue weighted by Crippen LogP contribution is 2.42. The lowest BCUT2D eigenvalue weighted by molar-refractivity contribution is -0.181. The number of cyclic esters (lactones) is 1. The van der Waals surface area contributed by atoms with Crippen LogP contribution >= 0.6 is 0 Å². The molecule has 1 aliphatic carbocycles. The zero-order valence-corrected chi connectivity index (χ0v) is 7.80. The Balaban J connectivity index is 2.34. The highest BCUT2D eigenvalue weighted by molar-refractivity contribution is 5.90. The molecule has 2 aliphatic rings. The van der Waals surface area contributed by atoms with Gasteiger partial charge in [-0.05, 0) is 13.3 Å². The fraction of sp³-hybridized carbons (Fsp3) is 0.500. The van der Waals surface area contributed by atoms with Crippen LogP contribution in [0.5, 0.6) is 0 Å². The fourth-order valence-electron chi connectivity index (χ4n) is 2.21. The molecular weight excluding hydrogens is 184 g/mol. The van der Waals surface area contributed by atoms with Gasteiger partial charge in [-0.1, -0.05) is 11.6 Å². The molecule has 1 heterocycles. The van der Waals surface area contributed by atoms with Crippen LogP contribution in [0.3, 0.4) is 0 Å². The first kappa shape index (κ1) is 9.27. The molecule has 0 spiro atoms. The molecule has 1 aliphatic heterocycles. The molecule has 14 heavy (non-hydrogen) atoms. The average molecular weight is 196 g/mol. The Morgan fingerprint density at radius 2 is 2.36 bits per heavy atom. The third-order valence-electron chi connectivity index (χ3n) is 2.96. The van der Waals surface area contributed by atoms with Gasteiger partial charge in [-0.2, -0.15) is 0 Å². The summed E-state index contributed by atoms with van der Waals surface area (Å²) < 4.78 is 4.72. The molecule has 0 radical (unpaired) electrons. The fourth-order valence-corrected chi connectivity index (χ4v) is 2.21. The number of aliphatic hydroxyl groups is 2. The molecule has 0 unspecified atom stereocenters. The lowest BCUT2D eigenvalue weighted by Crippen LogP contribution is -2.39. The molecule has 2 N–H and O–H groups in total. The van der Waals surface area contributed by atoms with E-state index in [2.05, 4.69) is 0 Å². The smallest absolute Gasteiger partial charge is 0.339 e. The van der Waals surface area contributed by atoms with Gasteiger partial charge in [0.15, 0.2) is 0 Å². The quantitative estimate of drug-likeness (QED) is 0.261. The molecular formula is C10H12O4. The Kier molecular flexibility index (Phi) is 2.07. The first-order chi connectivity index (χ1) is 6.65. The summed E-state index contributed by atoms with van der Waals surface area (Å²) >= 11 is 0. The molecule has 0 amide bonds. The topological polar surface area (TPSA) is 66.8 Å². The maximum absolute atomic E-state index is 11.3. The minimum atomic E-state index is -1.07. The molecule has 1 saturated heterocycles. The van der Waals surface area contributed by atoms with Crippen molar-refractivity contribution in [3.05, 3.63) is 23.5 Å². The van der Waals surface area contributed by atoms with E-state index in [1.807, 2.05) is 13.0 Å². The SMILES string of the molecule is CC1=CC[C@@H]2/C(=C\O)C(=O)O[C@H](O)[C@H]12. The molecule has 0 aromatic heterocycles. The summed E-state index contributed by atoms with van der Waals surface area (Å²) in [6.45, 7) is 1.89. The third kappa shape index (κ3) is 1.14. The first-order valence-corrected chi connectivity index (χ1v) is 4.55. The van der Waals surface area contributed by atoms with Crippen molar-refractivity contribution in [2.24, 2.45) is 11.8 Å². The van der Waals surface area contributed by atoms with Crippen molar-refractivity contribution in [1.29, 1.82) is 0 Å². The lowest BCUT2D eigenvalue weighted by Gasteiger charge is -2.32. The van der Waals surface area contributed by atoms with Crippen LogP contribution in [-0.2, 0) is 9.53 Å². The second-order valence-electron chi connectivity index (χ2n) is 3.70. The second-order valence-corrected chi connectivity index (χ2v) is 3.70. The van der Waals surface area contributed by atoms with Crippen LogP contribution in [0.25, 0.3) is 0 Å². The van der Waals surface area contributed by atoms with Gasteiger partial charge in [-0.3, -0.25) is 0 Å². The third-order valence-corrected chi connectivity index (χ3v) is 2.96. The molecule has 0 aromatic rings. The van der Waals surface area contributed by atoms with Gasteiger partial charge >= 0.3 is 5.97 Å². The number of esters is 1. The molecule has 4 heteroatoms. The predicted molar refractivity (Wildman–Crippen MR) is 48.2 cm³/mol. The molecule has 0 aromatic carbocycles. The Labute approximate surface area is 81.5 Å². The monoisotopic (exact) mass is 196 g/mol. The standard InChI is InChI=1S/C10H12O4/c1-5-2-3-6-7(4-11)9(12)14-10(13)8(5)6/h2,4,6,8,10-11,13H,3H2,1H3/b7-4+/t6-,8-,10+/m1/s1. The average Bonchev–Trinajstić information content (AvgIpc) is 2.49. The van der Waals surface area contributed by atoms with E-state index in [0.29, 0.717) is 6.42 Å². The highest BCUT2D eigenvalue weighted by Gasteiger charge is 2.44. The van der Waals surface area contributed by atoms with Crippen LogP contribution in [0.15, 0.2) is 23.5 Å². The highest BCUT2D eigenvalue weighted by atomic mass is 16.6. The summed E-state index contributed by atoms with van der Waals surface area (Å²) in [6.07, 6.45) is 2.35. The van der Waals surface area contributed by atoms with Gasteiger partial charge in [0.05, 0.1) is 11.8 Å². The number of hydrogen-bond donors (Lipinski definition) is 2. The zero-order valence-electron chi connectivity index (χ0n) is 7.80. The van der Waals surface area contributed by atoms with Crippen LogP contribution in [0.4, 0.5) is 0 Å². The number of allylic oxidation sites excluding steroid dienone is 1. The van der Waals surface area contributed by atoms with Crippen LogP contribution in [-0.4, -0.2) is 22.5 Å². The Hall–Kier alpha value is -1.29. The summed E-state index contributed by atoms with van der Waals surface area (Å²) in [5.74, 6) is -0.938. The number of rotatable bonds is 0. The molecule has 1 fully saturated rings. The number of carbonyl (C=O) groups is 1. The van der Waals surface area contributed by atoms with E-state index in [9.17, 15) is 9.90 Å². The van der Waals surface area contributed by atoms with Crippen molar-refractivity contribution in [3.63, 3.8) is 0 Å². The van der Waals surface area contributed by atoms with Gasteiger partial charge in [0.1, 0.15) is 0 Å². The van der Waals surface area contributed by atoms with Crippen LogP contribution in [0.2, 0.25) is 0 Å². The normalized spacial score (nSPS) is 39.3. The van der Waals surface area contributed by atoms with E-state index in [-0.39, 0.29) is 17.4 Å². The zero-order chi connectivity index (χ0) is 10.3. The Morgan fingerprint density at radius 1 is 1.64 bits per heavy atom. The number of hydrogen-bond acceptors (Lipinski definition) is 4. The molecule has 3 atom stereocenters. The summed E-state index contributed by atoms with van der Waals surface area (Å²) in [5, 5.41) is 18.5. The number of aliphatic hydroxyl groups excluding tert-OH is 2. The van der Waals surface area contributed by atoms with E-state index in [4.69, 9.17) is 9.84 Å². The number of fused-ring (bicyclic) bond motifs is 1. The minimum absolute atomic E-state index is 0.128. The molecule has 2 rings (SSSR count). The van der Waals surface area contributed by atoms with Crippen molar-refractivity contribution in [3.8, 4) is 0 Å². The maximum atomic E-state index is 11.3. The lowest BCUT2D eigenvalue weighted by atomic mass is 9.83. The summed E-state index contributed by atoms with van der Waals surface area (Å²) in [4.78, 5) is 11.3. The Bertz CT molecular complexity index is 329. The molecule has 4 nitrogen and oxygen atoms in total. The number of carbonyl (C=O) groups excluding carboxylic acids is 1. The van der Waals surface area contributed by atoms with Crippen LogP contribution in [0, 0.1) is 11.8 Å². The van der Waals surface area contributed by atoms with Crippen LogP contribution in [0.1, 0.15) is 13.3 Å². The van der Waals surface area contributed by atoms with Gasteiger partial charge in [0.2, 0.25) is 6.29 Å². The first-order valence-electron chi connectivity index (χ1n) is 4.55. The second kappa shape index (κ2) is 3.13. The van der Waals surface area contributed by atoms with E-state index in [1.165, 1.54) is 0 Å². The summed E-state index contributed by atoms with van der Waals surface area (Å²) in [7, 11) is 0. The predicted octanol–water partition coefficient (Wildman–Crippen LogP) is 0.886. The van der Waals surface area contributed by atoms with Crippen molar-refractivity contribution in [2.75, 3.05) is 0 Å². The minimum Gasteiger partial charge on any atom is -0.515 e. The van der Waals surface area contributed by atoms with Crippen molar-refractivity contribution in [1.82, 2.24) is 0 Å². The van der Waals surface area contributed by atoms with Gasteiger partial charge < -0.3 is 14.9 Å². The Morgan fingerprint density at radius 3 is 3.00 bits per heavy atom. The van der Waals surface area contributed by atoms with Gasteiger partial charge in [-0.15, -0.1) is 0 Å². The van der Waals surface area contributed by atoms with E-state index >= 15 is 0 Å². The molecule has 0 bridgehead atoms. The van der Waals surface area contributed by atoms with E-state index in [1.54, 1.807) is 0 Å². The van der Waals surface area contributed by atoms with Gasteiger partial charge in [0, 0.05) is 11.8 Å². The van der Waals surface area contributed by atoms with Gasteiger partial charge in [0.25, 0.3) is 0 Å². The van der Waals surface area contributed by atoms with Gasteiger partial charge in [-0.25, -0.2) is 4.79 Å². The molecule has 0 saturated carbocycles. The summed E-state index contributed by atoms with van der Waals surface area (Å²) in [5.41, 5.74) is 1.27. The molecule has 76 valence electrons. The van der Waals surface area contributed by atoms with Crippen molar-refractivity contribution >= 4 is 5.97 Å². The van der Waals surface area contributed by atoms with Crippen molar-refractivity contribution < 1.29 is 19.7 Å². The van der Waals surface area contributed by atoms with Crippen molar-refractivity contribution in [2.45, 2.75) is 19.6 Å². The maximum Gasteiger partial charge on any atom is 0.339 e. The van der Waals surface area contributed by atoms with E-state index in [0.717, 1.165) is 11.8 Å². The largest absolute Gasteiger partial charge is 0.515 e. The van der Waals surface area contributed by atoms with E-state index < -0.39 is 12.3 Å². The summed E-state index contributed by atoms with van der Waals surface area (Å²) in [6, 6.07) is 0. The number of ether oxygens (including phenoxy) is 1.